The molecule has 0 spiro atoms. The molecule has 0 saturated heterocycles. The summed E-state index contributed by atoms with van der Waals surface area (Å²) >= 11 is 0. The lowest BCUT2D eigenvalue weighted by atomic mass is 10.1. The van der Waals surface area contributed by atoms with E-state index in [0.717, 1.165) is 11.4 Å². The van der Waals surface area contributed by atoms with Gasteiger partial charge in [-0.05, 0) is 19.9 Å². The van der Waals surface area contributed by atoms with Crippen LogP contribution in [0.3, 0.4) is 0 Å². The Morgan fingerprint density at radius 2 is 2.50 bits per heavy atom. The van der Waals surface area contributed by atoms with Crippen molar-refractivity contribution < 1.29 is 4.79 Å². The molecule has 1 atom stereocenters. The number of hydrogen-bond acceptors (Lipinski definition) is 3. The number of nitrogens with zero attached hydrogens (tertiary/aromatic N) is 1. The van der Waals surface area contributed by atoms with Crippen molar-refractivity contribution in [2.24, 2.45) is 5.73 Å². The summed E-state index contributed by atoms with van der Waals surface area (Å²) in [5.74, 6) is -0.00402. The second kappa shape index (κ2) is 3.49. The first-order chi connectivity index (χ1) is 5.59. The molecule has 1 heterocycles. The van der Waals surface area contributed by atoms with E-state index in [1.54, 1.807) is 0 Å². The van der Waals surface area contributed by atoms with Crippen LogP contribution in [0.4, 0.5) is 0 Å². The Morgan fingerprint density at radius 1 is 1.83 bits per heavy atom. The predicted octanol–water partition coefficient (Wildman–Crippen LogP) is 0.177. The molecule has 0 aliphatic heterocycles. The number of aromatic nitrogens is 2. The molecule has 0 aromatic carbocycles. The van der Waals surface area contributed by atoms with Crippen LogP contribution in [-0.4, -0.2) is 22.0 Å². The molecule has 1 unspecified atom stereocenters. The molecule has 0 radical (unpaired) electrons. The van der Waals surface area contributed by atoms with Gasteiger partial charge in [0.25, 0.3) is 0 Å². The lowest BCUT2D eigenvalue weighted by molar-refractivity contribution is -0.118. The average Bonchev–Trinajstić information content (AvgIpc) is 2.35. The Bertz CT molecular complexity index is 280. The lowest BCUT2D eigenvalue weighted by Crippen LogP contribution is -2.30. The second-order valence-corrected chi connectivity index (χ2v) is 2.96. The fourth-order valence-electron chi connectivity index (χ4n) is 0.948. The summed E-state index contributed by atoms with van der Waals surface area (Å²) in [7, 11) is 0. The average molecular weight is 167 g/mol. The number of rotatable bonds is 3. The minimum absolute atomic E-state index is 0.00402. The highest BCUT2D eigenvalue weighted by Gasteiger charge is 2.10. The maximum atomic E-state index is 10.8. The smallest absolute Gasteiger partial charge is 0.146 e. The molecule has 0 amide bonds. The Hall–Kier alpha value is -1.16. The molecule has 0 fully saturated rings. The summed E-state index contributed by atoms with van der Waals surface area (Å²) in [6, 6.07) is 1.47. The van der Waals surface area contributed by atoms with Crippen LogP contribution < -0.4 is 5.73 Å². The third-order valence-corrected chi connectivity index (χ3v) is 1.71. The molecule has 66 valence electrons. The van der Waals surface area contributed by atoms with E-state index >= 15 is 0 Å². The number of carbonyl (C=O) groups is 1. The van der Waals surface area contributed by atoms with Gasteiger partial charge in [0, 0.05) is 12.1 Å². The van der Waals surface area contributed by atoms with Crippen LogP contribution >= 0.6 is 0 Å². The molecule has 4 nitrogen and oxygen atoms in total. The van der Waals surface area contributed by atoms with Gasteiger partial charge in [0.1, 0.15) is 5.78 Å². The van der Waals surface area contributed by atoms with Crippen molar-refractivity contribution in [2.75, 3.05) is 0 Å². The van der Waals surface area contributed by atoms with Crippen LogP contribution in [0.1, 0.15) is 18.3 Å². The van der Waals surface area contributed by atoms with Gasteiger partial charge in [-0.15, -0.1) is 0 Å². The topological polar surface area (TPSA) is 71.8 Å². The Labute approximate surface area is 71.2 Å². The largest absolute Gasteiger partial charge is 0.321 e. The minimum Gasteiger partial charge on any atom is -0.321 e. The van der Waals surface area contributed by atoms with E-state index in [0.29, 0.717) is 6.42 Å². The first-order valence-electron chi connectivity index (χ1n) is 3.86. The summed E-state index contributed by atoms with van der Waals surface area (Å²) in [5.41, 5.74) is 7.38. The van der Waals surface area contributed by atoms with Crippen molar-refractivity contribution in [1.82, 2.24) is 10.2 Å². The highest BCUT2D eigenvalue weighted by molar-refractivity contribution is 5.81. The second-order valence-electron chi connectivity index (χ2n) is 2.96. The summed E-state index contributed by atoms with van der Waals surface area (Å²) in [6.45, 7) is 3.40. The van der Waals surface area contributed by atoms with Crippen LogP contribution in [0.2, 0.25) is 0 Å². The Balaban J connectivity index is 2.58. The molecular weight excluding hydrogens is 154 g/mol. The summed E-state index contributed by atoms with van der Waals surface area (Å²) < 4.78 is 0. The van der Waals surface area contributed by atoms with Crippen LogP contribution in [0.15, 0.2) is 6.07 Å². The predicted molar refractivity (Wildman–Crippen MR) is 45.7 cm³/mol. The monoisotopic (exact) mass is 167 g/mol. The number of ketones is 1. The maximum absolute atomic E-state index is 10.8. The number of Topliss-reactive ketones (excluding diaryl/α,β-unsaturated/α-hetero) is 1. The Morgan fingerprint density at radius 3 is 2.92 bits per heavy atom. The van der Waals surface area contributed by atoms with Crippen molar-refractivity contribution in [3.8, 4) is 0 Å². The van der Waals surface area contributed by atoms with Gasteiger partial charge in [0.05, 0.1) is 11.7 Å². The van der Waals surface area contributed by atoms with E-state index < -0.39 is 6.04 Å². The molecule has 1 rings (SSSR count). The van der Waals surface area contributed by atoms with Gasteiger partial charge >= 0.3 is 0 Å². The van der Waals surface area contributed by atoms with Crippen LogP contribution in [0.5, 0.6) is 0 Å². The summed E-state index contributed by atoms with van der Waals surface area (Å²) in [4.78, 5) is 10.8. The zero-order valence-electron chi connectivity index (χ0n) is 7.29. The fraction of sp³-hybridized carbons (Fsp3) is 0.500. The normalized spacial score (nSPS) is 12.9. The van der Waals surface area contributed by atoms with E-state index in [1.165, 1.54) is 6.92 Å². The highest BCUT2D eigenvalue weighted by atomic mass is 16.1. The quantitative estimate of drug-likeness (QED) is 0.674. The van der Waals surface area contributed by atoms with Gasteiger partial charge in [-0.3, -0.25) is 9.89 Å². The molecule has 1 aromatic heterocycles. The number of nitrogens with one attached hydrogen (secondary N) is 1. The third kappa shape index (κ3) is 2.17. The van der Waals surface area contributed by atoms with Crippen molar-refractivity contribution in [2.45, 2.75) is 26.3 Å². The van der Waals surface area contributed by atoms with Crippen molar-refractivity contribution >= 4 is 5.78 Å². The number of H-pyrrole nitrogens is 1. The summed E-state index contributed by atoms with van der Waals surface area (Å²) in [6.07, 6.45) is 0.514. The molecule has 0 aliphatic carbocycles. The molecule has 4 heteroatoms. The minimum atomic E-state index is -0.423. The van der Waals surface area contributed by atoms with Gasteiger partial charge in [0.15, 0.2) is 0 Å². The standard InChI is InChI=1S/C8H13N3O/c1-5-3-7(11-10-5)4-8(9)6(2)12/h3,8H,4,9H2,1-2H3,(H,10,11). The van der Waals surface area contributed by atoms with Gasteiger partial charge in [-0.25, -0.2) is 0 Å². The number of carbonyl (C=O) groups excluding carboxylic acids is 1. The van der Waals surface area contributed by atoms with Crippen LogP contribution in [-0.2, 0) is 11.2 Å². The molecule has 1 aromatic rings. The molecule has 12 heavy (non-hydrogen) atoms. The van der Waals surface area contributed by atoms with Gasteiger partial charge < -0.3 is 5.73 Å². The van der Waals surface area contributed by atoms with E-state index in [1.807, 2.05) is 13.0 Å². The number of hydrogen-bond donors (Lipinski definition) is 2. The zero-order chi connectivity index (χ0) is 9.14. The molecule has 0 bridgehead atoms. The third-order valence-electron chi connectivity index (χ3n) is 1.71. The molecule has 0 saturated carbocycles. The lowest BCUT2D eigenvalue weighted by Gasteiger charge is -2.03. The van der Waals surface area contributed by atoms with E-state index in [9.17, 15) is 4.79 Å². The first kappa shape index (κ1) is 8.93. The van der Waals surface area contributed by atoms with Gasteiger partial charge in [-0.1, -0.05) is 0 Å². The van der Waals surface area contributed by atoms with E-state index in [4.69, 9.17) is 5.73 Å². The SMILES string of the molecule is CC(=O)C(N)Cc1cc(C)[nH]n1. The summed E-state index contributed by atoms with van der Waals surface area (Å²) in [5, 5.41) is 6.78. The maximum Gasteiger partial charge on any atom is 0.146 e. The molecular formula is C8H13N3O. The van der Waals surface area contributed by atoms with Crippen molar-refractivity contribution in [3.05, 3.63) is 17.5 Å². The number of aryl methyl sites for hydroxylation is 1. The van der Waals surface area contributed by atoms with Crippen LogP contribution in [0, 0.1) is 6.92 Å². The fourth-order valence-corrected chi connectivity index (χ4v) is 0.948. The first-order valence-corrected chi connectivity index (χ1v) is 3.86. The van der Waals surface area contributed by atoms with E-state index in [-0.39, 0.29) is 5.78 Å². The Kier molecular flexibility index (Phi) is 2.60. The van der Waals surface area contributed by atoms with Crippen LogP contribution in [0.25, 0.3) is 0 Å². The van der Waals surface area contributed by atoms with Gasteiger partial charge in [-0.2, -0.15) is 5.10 Å². The number of aromatic amines is 1. The van der Waals surface area contributed by atoms with Gasteiger partial charge in [0.2, 0.25) is 0 Å². The zero-order valence-corrected chi connectivity index (χ0v) is 7.29. The van der Waals surface area contributed by atoms with Crippen molar-refractivity contribution in [3.63, 3.8) is 0 Å². The molecule has 3 N–H and O–H groups in total. The highest BCUT2D eigenvalue weighted by Crippen LogP contribution is 2.00. The number of nitrogens with two attached hydrogens (primary N) is 1. The van der Waals surface area contributed by atoms with E-state index in [2.05, 4.69) is 10.2 Å². The molecule has 0 aliphatic rings. The van der Waals surface area contributed by atoms with Crippen molar-refractivity contribution in [1.29, 1.82) is 0 Å².